The van der Waals surface area contributed by atoms with Crippen molar-refractivity contribution in [3.8, 4) is 0 Å². The summed E-state index contributed by atoms with van der Waals surface area (Å²) < 4.78 is 42.3. The van der Waals surface area contributed by atoms with Gasteiger partial charge in [0.1, 0.15) is 0 Å². The van der Waals surface area contributed by atoms with Gasteiger partial charge in [-0.05, 0) is 25.9 Å². The SMILES string of the molecule is COC(CN)CN1CCC(C(F)(F)F)CC1. The number of rotatable bonds is 4. The number of hydrogen-bond donors (Lipinski definition) is 1. The van der Waals surface area contributed by atoms with E-state index < -0.39 is 12.1 Å². The molecule has 96 valence electrons. The molecule has 1 saturated heterocycles. The summed E-state index contributed by atoms with van der Waals surface area (Å²) >= 11 is 0. The Hall–Kier alpha value is -0.330. The Morgan fingerprint density at radius 3 is 2.31 bits per heavy atom. The smallest absolute Gasteiger partial charge is 0.379 e. The average Bonchev–Trinajstić information content (AvgIpc) is 2.25. The number of methoxy groups -OCH3 is 1. The van der Waals surface area contributed by atoms with Crippen molar-refractivity contribution < 1.29 is 17.9 Å². The minimum absolute atomic E-state index is 0.0811. The highest BCUT2D eigenvalue weighted by Crippen LogP contribution is 2.33. The molecule has 6 heteroatoms. The Balaban J connectivity index is 2.32. The maximum absolute atomic E-state index is 12.4. The van der Waals surface area contributed by atoms with Crippen LogP contribution < -0.4 is 5.73 Å². The third-order valence-corrected chi connectivity index (χ3v) is 3.11. The van der Waals surface area contributed by atoms with Gasteiger partial charge in [-0.2, -0.15) is 13.2 Å². The fourth-order valence-corrected chi connectivity index (χ4v) is 1.98. The summed E-state index contributed by atoms with van der Waals surface area (Å²) in [6.45, 7) is 1.97. The summed E-state index contributed by atoms with van der Waals surface area (Å²) in [6.07, 6.45) is -3.75. The average molecular weight is 240 g/mol. The Morgan fingerprint density at radius 2 is 1.94 bits per heavy atom. The van der Waals surface area contributed by atoms with Crippen molar-refractivity contribution in [1.82, 2.24) is 4.90 Å². The quantitative estimate of drug-likeness (QED) is 0.803. The van der Waals surface area contributed by atoms with E-state index in [4.69, 9.17) is 10.5 Å². The molecule has 0 radical (unpaired) electrons. The van der Waals surface area contributed by atoms with Crippen LogP contribution in [0.3, 0.4) is 0 Å². The van der Waals surface area contributed by atoms with Gasteiger partial charge in [-0.1, -0.05) is 0 Å². The molecule has 1 rings (SSSR count). The Morgan fingerprint density at radius 1 is 1.38 bits per heavy atom. The van der Waals surface area contributed by atoms with Crippen molar-refractivity contribution in [2.45, 2.75) is 25.1 Å². The molecule has 1 aliphatic heterocycles. The maximum Gasteiger partial charge on any atom is 0.391 e. The van der Waals surface area contributed by atoms with Gasteiger partial charge < -0.3 is 15.4 Å². The summed E-state index contributed by atoms with van der Waals surface area (Å²) in [6, 6.07) is 0. The Kier molecular flexibility index (Phi) is 5.01. The lowest BCUT2D eigenvalue weighted by Crippen LogP contribution is -2.44. The van der Waals surface area contributed by atoms with Crippen LogP contribution in [0, 0.1) is 5.92 Å². The molecule has 1 aliphatic rings. The van der Waals surface area contributed by atoms with Crippen molar-refractivity contribution in [3.05, 3.63) is 0 Å². The molecular weight excluding hydrogens is 221 g/mol. The van der Waals surface area contributed by atoms with E-state index in [-0.39, 0.29) is 18.9 Å². The van der Waals surface area contributed by atoms with E-state index in [1.807, 2.05) is 4.90 Å². The number of alkyl halides is 3. The van der Waals surface area contributed by atoms with Crippen LogP contribution in [0.5, 0.6) is 0 Å². The lowest BCUT2D eigenvalue weighted by molar-refractivity contribution is -0.185. The van der Waals surface area contributed by atoms with Crippen LogP contribution in [0.15, 0.2) is 0 Å². The number of nitrogens with two attached hydrogens (primary N) is 1. The van der Waals surface area contributed by atoms with Gasteiger partial charge in [-0.3, -0.25) is 0 Å². The number of hydrogen-bond acceptors (Lipinski definition) is 3. The molecule has 3 nitrogen and oxygen atoms in total. The molecular formula is C10H19F3N2O. The van der Waals surface area contributed by atoms with Crippen molar-refractivity contribution >= 4 is 0 Å². The van der Waals surface area contributed by atoms with Crippen molar-refractivity contribution in [3.63, 3.8) is 0 Å². The highest BCUT2D eigenvalue weighted by atomic mass is 19.4. The molecule has 1 unspecified atom stereocenters. The molecule has 16 heavy (non-hydrogen) atoms. The standard InChI is InChI=1S/C10H19F3N2O/c1-16-9(6-14)7-15-4-2-8(3-5-15)10(11,12)13/h8-9H,2-7,14H2,1H3. The van der Waals surface area contributed by atoms with E-state index in [1.165, 1.54) is 0 Å². The third kappa shape index (κ3) is 3.92. The van der Waals surface area contributed by atoms with E-state index in [2.05, 4.69) is 0 Å². The number of nitrogens with zero attached hydrogens (tertiary/aromatic N) is 1. The van der Waals surface area contributed by atoms with E-state index >= 15 is 0 Å². The van der Waals surface area contributed by atoms with Crippen LogP contribution in [0.4, 0.5) is 13.2 Å². The fourth-order valence-electron chi connectivity index (χ4n) is 1.98. The van der Waals surface area contributed by atoms with Crippen LogP contribution in [0.25, 0.3) is 0 Å². The topological polar surface area (TPSA) is 38.5 Å². The second kappa shape index (κ2) is 5.84. The molecule has 0 amide bonds. The highest BCUT2D eigenvalue weighted by Gasteiger charge is 2.41. The first-order valence-corrected chi connectivity index (χ1v) is 5.49. The highest BCUT2D eigenvalue weighted by molar-refractivity contribution is 4.78. The van der Waals surface area contributed by atoms with E-state index in [9.17, 15) is 13.2 Å². The number of ether oxygens (including phenoxy) is 1. The van der Waals surface area contributed by atoms with Crippen molar-refractivity contribution in [2.24, 2.45) is 11.7 Å². The molecule has 0 spiro atoms. The number of halogens is 3. The largest absolute Gasteiger partial charge is 0.391 e. The molecule has 0 aliphatic carbocycles. The molecule has 0 saturated carbocycles. The van der Waals surface area contributed by atoms with E-state index in [0.29, 0.717) is 26.2 Å². The van der Waals surface area contributed by atoms with Gasteiger partial charge in [-0.25, -0.2) is 0 Å². The van der Waals surface area contributed by atoms with Gasteiger partial charge in [0.25, 0.3) is 0 Å². The van der Waals surface area contributed by atoms with Crippen LogP contribution in [0.1, 0.15) is 12.8 Å². The lowest BCUT2D eigenvalue weighted by atomic mass is 9.96. The molecule has 1 fully saturated rings. The second-order valence-electron chi connectivity index (χ2n) is 4.21. The maximum atomic E-state index is 12.4. The van der Waals surface area contributed by atoms with Gasteiger partial charge >= 0.3 is 6.18 Å². The molecule has 0 aromatic rings. The van der Waals surface area contributed by atoms with Gasteiger partial charge in [0.2, 0.25) is 0 Å². The summed E-state index contributed by atoms with van der Waals surface area (Å²) in [4.78, 5) is 1.99. The molecule has 1 heterocycles. The predicted octanol–water partition coefficient (Wildman–Crippen LogP) is 1.23. The van der Waals surface area contributed by atoms with Crippen LogP contribution in [-0.4, -0.2) is 50.5 Å². The normalized spacial score (nSPS) is 22.3. The molecule has 2 N–H and O–H groups in total. The van der Waals surface area contributed by atoms with Crippen LogP contribution >= 0.6 is 0 Å². The first kappa shape index (κ1) is 13.7. The Bertz CT molecular complexity index is 199. The third-order valence-electron chi connectivity index (χ3n) is 3.11. The monoisotopic (exact) mass is 240 g/mol. The van der Waals surface area contributed by atoms with E-state index in [0.717, 1.165) is 0 Å². The van der Waals surface area contributed by atoms with Gasteiger partial charge in [-0.15, -0.1) is 0 Å². The lowest BCUT2D eigenvalue weighted by Gasteiger charge is -2.34. The van der Waals surface area contributed by atoms with Gasteiger partial charge in [0, 0.05) is 20.2 Å². The van der Waals surface area contributed by atoms with Gasteiger partial charge in [0.05, 0.1) is 12.0 Å². The molecule has 0 aromatic heterocycles. The predicted molar refractivity (Wildman–Crippen MR) is 55.1 cm³/mol. The van der Waals surface area contributed by atoms with E-state index in [1.54, 1.807) is 7.11 Å². The first-order chi connectivity index (χ1) is 7.47. The fraction of sp³-hybridized carbons (Fsp3) is 1.00. The minimum Gasteiger partial charge on any atom is -0.379 e. The van der Waals surface area contributed by atoms with Crippen molar-refractivity contribution in [1.29, 1.82) is 0 Å². The number of likely N-dealkylation sites (tertiary alicyclic amines) is 1. The zero-order chi connectivity index (χ0) is 12.2. The zero-order valence-corrected chi connectivity index (χ0v) is 9.46. The summed E-state index contributed by atoms with van der Waals surface area (Å²) in [5.41, 5.74) is 5.47. The van der Waals surface area contributed by atoms with Gasteiger partial charge in [0.15, 0.2) is 0 Å². The molecule has 0 bridgehead atoms. The first-order valence-electron chi connectivity index (χ1n) is 5.49. The molecule has 1 atom stereocenters. The number of piperidine rings is 1. The van der Waals surface area contributed by atoms with Crippen LogP contribution in [-0.2, 0) is 4.74 Å². The second-order valence-corrected chi connectivity index (χ2v) is 4.21. The zero-order valence-electron chi connectivity index (χ0n) is 9.46. The minimum atomic E-state index is -4.04. The summed E-state index contributed by atoms with van der Waals surface area (Å²) in [5, 5.41) is 0. The van der Waals surface area contributed by atoms with Crippen molar-refractivity contribution in [2.75, 3.05) is 33.3 Å². The molecule has 0 aromatic carbocycles. The Labute approximate surface area is 93.7 Å². The summed E-state index contributed by atoms with van der Waals surface area (Å²) in [5.74, 6) is -1.14. The summed E-state index contributed by atoms with van der Waals surface area (Å²) in [7, 11) is 1.57. The van der Waals surface area contributed by atoms with Crippen LogP contribution in [0.2, 0.25) is 0 Å².